The number of halogens is 1. The molecule has 0 unspecified atom stereocenters. The average Bonchev–Trinajstić information content (AvgIpc) is 2.79. The van der Waals surface area contributed by atoms with E-state index in [1.165, 1.54) is 0 Å². The van der Waals surface area contributed by atoms with Crippen molar-refractivity contribution in [1.82, 2.24) is 9.38 Å². The number of anilines is 1. The van der Waals surface area contributed by atoms with Gasteiger partial charge in [-0.3, -0.25) is 4.40 Å². The molecule has 0 atom stereocenters. The zero-order valence-electron chi connectivity index (χ0n) is 11.0. The highest BCUT2D eigenvalue weighted by Gasteiger charge is 2.15. The summed E-state index contributed by atoms with van der Waals surface area (Å²) in [5.74, 6) is 0.575. The molecule has 2 aromatic heterocycles. The van der Waals surface area contributed by atoms with Gasteiger partial charge in [-0.05, 0) is 17.7 Å². The minimum absolute atomic E-state index is 0.511. The van der Waals surface area contributed by atoms with Crippen molar-refractivity contribution in [1.29, 1.82) is 0 Å². The number of rotatable bonds is 3. The maximum atomic E-state index is 6.21. The van der Waals surface area contributed by atoms with Crippen molar-refractivity contribution in [3.63, 3.8) is 0 Å². The van der Waals surface area contributed by atoms with E-state index in [0.717, 1.165) is 16.8 Å². The van der Waals surface area contributed by atoms with Gasteiger partial charge in [-0.25, -0.2) is 4.98 Å². The van der Waals surface area contributed by atoms with Crippen LogP contribution in [0.1, 0.15) is 5.56 Å². The van der Waals surface area contributed by atoms with Crippen molar-refractivity contribution in [2.24, 2.45) is 0 Å². The molecule has 0 spiro atoms. The highest BCUT2D eigenvalue weighted by molar-refractivity contribution is 6.33. The molecule has 102 valence electrons. The quantitative estimate of drug-likeness (QED) is 0.803. The molecule has 0 fully saturated rings. The minimum Gasteiger partial charge on any atom is -0.383 e. The van der Waals surface area contributed by atoms with Gasteiger partial charge >= 0.3 is 0 Å². The van der Waals surface area contributed by atoms with Gasteiger partial charge in [-0.15, -0.1) is 0 Å². The Bertz CT molecular complexity index is 767. The van der Waals surface area contributed by atoms with Crippen molar-refractivity contribution in [2.75, 3.05) is 12.8 Å². The average molecular weight is 288 g/mol. The van der Waals surface area contributed by atoms with Crippen LogP contribution in [0.5, 0.6) is 0 Å². The van der Waals surface area contributed by atoms with Gasteiger partial charge in [0.25, 0.3) is 0 Å². The number of methoxy groups -OCH3 is 1. The number of imidazole rings is 1. The zero-order chi connectivity index (χ0) is 14.1. The standard InChI is InChI=1S/C15H14ClN3O/c1-20-9-10-5-2-3-6-11(10)13-14(17)19-8-4-7-12(16)15(19)18-13/h2-8H,9,17H2,1H3. The molecule has 1 aromatic carbocycles. The Balaban J connectivity index is 2.25. The molecule has 2 N–H and O–H groups in total. The molecule has 0 saturated heterocycles. The molecule has 2 heterocycles. The molecule has 20 heavy (non-hydrogen) atoms. The van der Waals surface area contributed by atoms with Gasteiger partial charge in [0, 0.05) is 18.9 Å². The predicted molar refractivity (Wildman–Crippen MR) is 80.8 cm³/mol. The number of hydrogen-bond donors (Lipinski definition) is 1. The highest BCUT2D eigenvalue weighted by atomic mass is 35.5. The summed E-state index contributed by atoms with van der Waals surface area (Å²) in [5, 5.41) is 0.578. The van der Waals surface area contributed by atoms with E-state index >= 15 is 0 Å². The van der Waals surface area contributed by atoms with Crippen LogP contribution in [0.3, 0.4) is 0 Å². The molecule has 5 heteroatoms. The van der Waals surface area contributed by atoms with Crippen molar-refractivity contribution in [3.8, 4) is 11.3 Å². The summed E-state index contributed by atoms with van der Waals surface area (Å²) in [4.78, 5) is 4.58. The second-order valence-electron chi connectivity index (χ2n) is 4.49. The summed E-state index contributed by atoms with van der Waals surface area (Å²) in [6, 6.07) is 11.6. The van der Waals surface area contributed by atoms with Gasteiger partial charge in [-0.2, -0.15) is 0 Å². The molecule has 0 aliphatic rings. The van der Waals surface area contributed by atoms with Crippen LogP contribution in [0.25, 0.3) is 16.9 Å². The van der Waals surface area contributed by atoms with Crippen LogP contribution >= 0.6 is 11.6 Å². The van der Waals surface area contributed by atoms with Crippen molar-refractivity contribution in [3.05, 3.63) is 53.2 Å². The second-order valence-corrected chi connectivity index (χ2v) is 4.89. The van der Waals surface area contributed by atoms with E-state index in [1.807, 2.05) is 36.5 Å². The first-order valence-electron chi connectivity index (χ1n) is 6.21. The number of benzene rings is 1. The Hall–Kier alpha value is -2.04. The number of ether oxygens (including phenoxy) is 1. The van der Waals surface area contributed by atoms with Crippen LogP contribution in [-0.4, -0.2) is 16.5 Å². The molecule has 0 aliphatic heterocycles. The maximum absolute atomic E-state index is 6.21. The first-order valence-corrected chi connectivity index (χ1v) is 6.59. The molecular weight excluding hydrogens is 274 g/mol. The van der Waals surface area contributed by atoms with Crippen LogP contribution < -0.4 is 5.73 Å². The smallest absolute Gasteiger partial charge is 0.157 e. The van der Waals surface area contributed by atoms with E-state index in [-0.39, 0.29) is 0 Å². The van der Waals surface area contributed by atoms with E-state index < -0.39 is 0 Å². The van der Waals surface area contributed by atoms with Crippen molar-refractivity contribution < 1.29 is 4.74 Å². The van der Waals surface area contributed by atoms with Crippen LogP contribution in [0.2, 0.25) is 5.02 Å². The summed E-state index contributed by atoms with van der Waals surface area (Å²) < 4.78 is 7.02. The lowest BCUT2D eigenvalue weighted by atomic mass is 10.1. The third kappa shape index (κ3) is 2.03. The Labute approximate surface area is 121 Å². The van der Waals surface area contributed by atoms with E-state index in [9.17, 15) is 0 Å². The molecule has 3 aromatic rings. The first kappa shape index (κ1) is 13.0. The normalized spacial score (nSPS) is 11.1. The lowest BCUT2D eigenvalue weighted by Gasteiger charge is -2.07. The summed E-state index contributed by atoms with van der Waals surface area (Å²) in [6.45, 7) is 0.511. The number of nitrogen functional groups attached to an aromatic ring is 1. The van der Waals surface area contributed by atoms with Crippen LogP contribution in [-0.2, 0) is 11.3 Å². The van der Waals surface area contributed by atoms with E-state index in [4.69, 9.17) is 22.1 Å². The molecule has 4 nitrogen and oxygen atoms in total. The fourth-order valence-corrected chi connectivity index (χ4v) is 2.49. The Morgan fingerprint density at radius 1 is 1.25 bits per heavy atom. The molecule has 0 aliphatic carbocycles. The summed E-state index contributed by atoms with van der Waals surface area (Å²) in [7, 11) is 1.67. The Kier molecular flexibility index (Phi) is 3.34. The van der Waals surface area contributed by atoms with Crippen molar-refractivity contribution >= 4 is 23.1 Å². The van der Waals surface area contributed by atoms with Gasteiger partial charge < -0.3 is 10.5 Å². The number of nitrogens with zero attached hydrogens (tertiary/aromatic N) is 2. The van der Waals surface area contributed by atoms with Gasteiger partial charge in [0.05, 0.1) is 11.6 Å². The molecule has 0 amide bonds. The first-order chi connectivity index (χ1) is 9.72. The summed E-state index contributed by atoms with van der Waals surface area (Å²) >= 11 is 6.17. The largest absolute Gasteiger partial charge is 0.383 e. The molecule has 3 rings (SSSR count). The maximum Gasteiger partial charge on any atom is 0.157 e. The van der Waals surface area contributed by atoms with Gasteiger partial charge in [-0.1, -0.05) is 35.9 Å². The zero-order valence-corrected chi connectivity index (χ0v) is 11.8. The Morgan fingerprint density at radius 3 is 2.80 bits per heavy atom. The third-order valence-corrected chi connectivity index (χ3v) is 3.51. The fourth-order valence-electron chi connectivity index (χ4n) is 2.28. The SMILES string of the molecule is COCc1ccccc1-c1nc2c(Cl)cccn2c1N. The molecular formula is C15H14ClN3O. The van der Waals surface area contributed by atoms with Crippen LogP contribution in [0.4, 0.5) is 5.82 Å². The molecule has 0 bridgehead atoms. The monoisotopic (exact) mass is 287 g/mol. The van der Waals surface area contributed by atoms with E-state index in [0.29, 0.717) is 23.1 Å². The van der Waals surface area contributed by atoms with Gasteiger partial charge in [0.1, 0.15) is 11.5 Å². The predicted octanol–water partition coefficient (Wildman–Crippen LogP) is 3.38. The van der Waals surface area contributed by atoms with Gasteiger partial charge in [0.15, 0.2) is 5.65 Å². The van der Waals surface area contributed by atoms with Crippen molar-refractivity contribution in [2.45, 2.75) is 6.61 Å². The molecule has 0 saturated carbocycles. The summed E-state index contributed by atoms with van der Waals surface area (Å²) in [6.07, 6.45) is 1.85. The van der Waals surface area contributed by atoms with Gasteiger partial charge in [0.2, 0.25) is 0 Å². The summed E-state index contributed by atoms with van der Waals surface area (Å²) in [5.41, 5.74) is 9.60. The second kappa shape index (κ2) is 5.15. The Morgan fingerprint density at radius 2 is 2.05 bits per heavy atom. The lowest BCUT2D eigenvalue weighted by molar-refractivity contribution is 0.185. The fraction of sp³-hybridized carbons (Fsp3) is 0.133. The highest BCUT2D eigenvalue weighted by Crippen LogP contribution is 2.31. The lowest BCUT2D eigenvalue weighted by Crippen LogP contribution is -1.96. The van der Waals surface area contributed by atoms with E-state index in [2.05, 4.69) is 4.98 Å². The minimum atomic E-state index is 0.511. The topological polar surface area (TPSA) is 52.5 Å². The van der Waals surface area contributed by atoms with Crippen LogP contribution in [0.15, 0.2) is 42.6 Å². The number of pyridine rings is 1. The van der Waals surface area contributed by atoms with Crippen LogP contribution in [0, 0.1) is 0 Å². The number of nitrogens with two attached hydrogens (primary N) is 1. The number of hydrogen-bond acceptors (Lipinski definition) is 3. The number of aromatic nitrogens is 2. The third-order valence-electron chi connectivity index (χ3n) is 3.21. The molecule has 0 radical (unpaired) electrons. The number of fused-ring (bicyclic) bond motifs is 1. The van der Waals surface area contributed by atoms with E-state index in [1.54, 1.807) is 17.6 Å².